The highest BCUT2D eigenvalue weighted by Crippen LogP contribution is 2.25. The second kappa shape index (κ2) is 2.17. The van der Waals surface area contributed by atoms with Crippen LogP contribution < -0.4 is 0 Å². The predicted molar refractivity (Wildman–Crippen MR) is 46.9 cm³/mol. The van der Waals surface area contributed by atoms with Gasteiger partial charge >= 0.3 is 0 Å². The van der Waals surface area contributed by atoms with Crippen LogP contribution in [0.25, 0.3) is 10.8 Å². The number of thioether (sulfide) groups is 1. The van der Waals surface area contributed by atoms with Crippen LogP contribution in [-0.4, -0.2) is 6.26 Å². The Morgan fingerprint density at radius 1 is 1.10 bits per heavy atom. The molecule has 0 nitrogen and oxygen atoms in total. The lowest BCUT2D eigenvalue weighted by Crippen LogP contribution is -1.76. The van der Waals surface area contributed by atoms with Crippen molar-refractivity contribution in [1.29, 1.82) is 0 Å². The molecule has 3 aromatic rings. The van der Waals surface area contributed by atoms with Crippen LogP contribution in [0.3, 0.4) is 0 Å². The van der Waals surface area contributed by atoms with Crippen molar-refractivity contribution in [3.63, 3.8) is 0 Å². The predicted octanol–water partition coefficient (Wildman–Crippen LogP) is 3.00. The summed E-state index contributed by atoms with van der Waals surface area (Å²) in [5.41, 5.74) is 0. The normalized spacial score (nSPS) is 10.9. The van der Waals surface area contributed by atoms with Crippen molar-refractivity contribution >= 4 is 22.5 Å². The molecule has 0 heterocycles. The standard InChI is InChI=1S/C9H8S/c1-10-9-6-7-2-4-8(9)5-3-7/h2-6H,1H3. The summed E-state index contributed by atoms with van der Waals surface area (Å²) in [6.45, 7) is 0. The van der Waals surface area contributed by atoms with Crippen LogP contribution in [0.1, 0.15) is 0 Å². The first kappa shape index (κ1) is 6.05. The van der Waals surface area contributed by atoms with Gasteiger partial charge in [0, 0.05) is 4.90 Å². The molecule has 0 fully saturated rings. The first-order chi connectivity index (χ1) is 4.90. The van der Waals surface area contributed by atoms with Crippen molar-refractivity contribution in [2.45, 2.75) is 4.90 Å². The fraction of sp³-hybridized carbons (Fsp3) is 0.111. The zero-order chi connectivity index (χ0) is 6.97. The minimum absolute atomic E-state index is 1.32. The van der Waals surface area contributed by atoms with Gasteiger partial charge in [-0.25, -0.2) is 0 Å². The lowest BCUT2D eigenvalue weighted by atomic mass is 10.1. The van der Waals surface area contributed by atoms with Crippen LogP contribution in [0.5, 0.6) is 0 Å². The van der Waals surface area contributed by atoms with E-state index in [2.05, 4.69) is 36.6 Å². The van der Waals surface area contributed by atoms with E-state index >= 15 is 0 Å². The number of rotatable bonds is 1. The summed E-state index contributed by atoms with van der Waals surface area (Å²) in [4.78, 5) is 1.39. The third-order valence-electron chi connectivity index (χ3n) is 1.71. The highest BCUT2D eigenvalue weighted by molar-refractivity contribution is 7.98. The molecule has 0 saturated carbocycles. The minimum Gasteiger partial charge on any atom is -0.129 e. The van der Waals surface area contributed by atoms with Crippen molar-refractivity contribution in [2.24, 2.45) is 0 Å². The number of hydrogen-bond donors (Lipinski definition) is 0. The molecule has 3 rings (SSSR count). The lowest BCUT2D eigenvalue weighted by molar-refractivity contribution is 1.54. The second-order valence-corrected chi connectivity index (χ2v) is 3.18. The fourth-order valence-electron chi connectivity index (χ4n) is 1.16. The molecule has 0 saturated heterocycles. The van der Waals surface area contributed by atoms with Gasteiger partial charge in [0.05, 0.1) is 0 Å². The first-order valence-corrected chi connectivity index (χ1v) is 4.49. The van der Waals surface area contributed by atoms with E-state index in [-0.39, 0.29) is 0 Å². The minimum atomic E-state index is 1.32. The zero-order valence-electron chi connectivity index (χ0n) is 5.79. The third kappa shape index (κ3) is 0.781. The van der Waals surface area contributed by atoms with E-state index in [0.29, 0.717) is 0 Å². The highest BCUT2D eigenvalue weighted by Gasteiger charge is 1.96. The summed E-state index contributed by atoms with van der Waals surface area (Å²) in [5.74, 6) is 0. The monoisotopic (exact) mass is 148 g/mol. The maximum Gasteiger partial charge on any atom is 0.0148 e. The summed E-state index contributed by atoms with van der Waals surface area (Å²) in [6.07, 6.45) is 2.11. The van der Waals surface area contributed by atoms with Gasteiger partial charge in [-0.1, -0.05) is 24.3 Å². The second-order valence-electron chi connectivity index (χ2n) is 2.33. The largest absolute Gasteiger partial charge is 0.129 e. The van der Waals surface area contributed by atoms with E-state index in [1.807, 2.05) is 11.8 Å². The maximum absolute atomic E-state index is 2.22. The van der Waals surface area contributed by atoms with Crippen LogP contribution in [0, 0.1) is 0 Å². The summed E-state index contributed by atoms with van der Waals surface area (Å²) in [7, 11) is 0. The molecule has 0 radical (unpaired) electrons. The van der Waals surface area contributed by atoms with E-state index < -0.39 is 0 Å². The van der Waals surface area contributed by atoms with Gasteiger partial charge in [-0.15, -0.1) is 11.8 Å². The Morgan fingerprint density at radius 3 is 2.10 bits per heavy atom. The molecule has 0 aliphatic rings. The molecule has 0 spiro atoms. The molecule has 3 aromatic carbocycles. The zero-order valence-corrected chi connectivity index (χ0v) is 6.61. The maximum atomic E-state index is 2.22. The Bertz CT molecular complexity index is 307. The van der Waals surface area contributed by atoms with Gasteiger partial charge in [-0.2, -0.15) is 0 Å². The summed E-state index contributed by atoms with van der Waals surface area (Å²) in [5, 5.41) is 2.67. The van der Waals surface area contributed by atoms with Crippen LogP contribution in [0.4, 0.5) is 0 Å². The van der Waals surface area contributed by atoms with E-state index in [0.717, 1.165) is 0 Å². The van der Waals surface area contributed by atoms with Gasteiger partial charge < -0.3 is 0 Å². The summed E-state index contributed by atoms with van der Waals surface area (Å²) < 4.78 is 0. The van der Waals surface area contributed by atoms with Crippen molar-refractivity contribution in [1.82, 2.24) is 0 Å². The SMILES string of the molecule is CSc1cc2ccc1cc2. The number of fused-ring (bicyclic) bond motifs is 3. The number of benzene rings is 3. The molecule has 0 unspecified atom stereocenters. The van der Waals surface area contributed by atoms with E-state index in [1.54, 1.807) is 0 Å². The molecular weight excluding hydrogens is 140 g/mol. The van der Waals surface area contributed by atoms with Crippen molar-refractivity contribution in [2.75, 3.05) is 6.26 Å². The Morgan fingerprint density at radius 2 is 1.80 bits per heavy atom. The Hall–Kier alpha value is -0.690. The topological polar surface area (TPSA) is 0 Å². The van der Waals surface area contributed by atoms with Gasteiger partial charge in [-0.05, 0) is 23.1 Å². The van der Waals surface area contributed by atoms with Crippen molar-refractivity contribution < 1.29 is 0 Å². The average Bonchev–Trinajstić information content (AvgIpc) is 2.06. The Balaban J connectivity index is 2.76. The Kier molecular flexibility index (Phi) is 1.31. The van der Waals surface area contributed by atoms with Crippen molar-refractivity contribution in [3.05, 3.63) is 30.3 Å². The molecule has 2 bridgehead atoms. The highest BCUT2D eigenvalue weighted by atomic mass is 32.2. The van der Waals surface area contributed by atoms with Crippen LogP contribution in [0.15, 0.2) is 35.2 Å². The van der Waals surface area contributed by atoms with Gasteiger partial charge in [0.15, 0.2) is 0 Å². The molecule has 0 aliphatic carbocycles. The molecule has 10 heavy (non-hydrogen) atoms. The van der Waals surface area contributed by atoms with E-state index in [9.17, 15) is 0 Å². The third-order valence-corrected chi connectivity index (χ3v) is 2.51. The van der Waals surface area contributed by atoms with Crippen LogP contribution in [0.2, 0.25) is 0 Å². The summed E-state index contributed by atoms with van der Waals surface area (Å²) in [6, 6.07) is 10.9. The molecule has 0 aliphatic heterocycles. The molecule has 0 amide bonds. The molecular formula is C9H8S. The molecule has 1 heteroatoms. The van der Waals surface area contributed by atoms with Gasteiger partial charge in [0.25, 0.3) is 0 Å². The smallest absolute Gasteiger partial charge is 0.0148 e. The van der Waals surface area contributed by atoms with Gasteiger partial charge in [0.1, 0.15) is 0 Å². The van der Waals surface area contributed by atoms with E-state index in [1.165, 1.54) is 15.7 Å². The van der Waals surface area contributed by atoms with Gasteiger partial charge in [-0.3, -0.25) is 0 Å². The van der Waals surface area contributed by atoms with E-state index in [4.69, 9.17) is 0 Å². The van der Waals surface area contributed by atoms with Crippen LogP contribution in [-0.2, 0) is 0 Å². The number of hydrogen-bond acceptors (Lipinski definition) is 1. The molecule has 0 atom stereocenters. The van der Waals surface area contributed by atoms with Gasteiger partial charge in [0.2, 0.25) is 0 Å². The quantitative estimate of drug-likeness (QED) is 0.560. The summed E-state index contributed by atoms with van der Waals surface area (Å²) >= 11 is 1.81. The molecule has 0 N–H and O–H groups in total. The Labute approximate surface area is 64.6 Å². The fourth-order valence-corrected chi connectivity index (χ4v) is 1.78. The molecule has 50 valence electrons. The van der Waals surface area contributed by atoms with Crippen LogP contribution >= 0.6 is 11.8 Å². The van der Waals surface area contributed by atoms with Crippen molar-refractivity contribution in [3.8, 4) is 0 Å². The average molecular weight is 148 g/mol. The first-order valence-electron chi connectivity index (χ1n) is 3.26. The molecule has 0 aromatic heterocycles. The lowest BCUT2D eigenvalue weighted by Gasteiger charge is -2.02.